The average molecular weight is 292 g/mol. The molecule has 0 bridgehead atoms. The minimum Gasteiger partial charge on any atom is -0.475 e. The molecule has 19 heavy (non-hydrogen) atoms. The molecule has 108 valence electrons. The van der Waals surface area contributed by atoms with E-state index in [1.165, 1.54) is 0 Å². The van der Waals surface area contributed by atoms with Crippen LogP contribution >= 0.6 is 0 Å². The molecular weight excluding hydrogens is 276 g/mol. The number of rotatable bonds is 9. The molecule has 1 aromatic heterocycles. The summed E-state index contributed by atoms with van der Waals surface area (Å²) in [6, 6.07) is 2.23. The summed E-state index contributed by atoms with van der Waals surface area (Å²) >= 11 is 0. The highest BCUT2D eigenvalue weighted by molar-refractivity contribution is 7.91. The number of ether oxygens (including phenoxy) is 2. The molecule has 0 saturated carbocycles. The van der Waals surface area contributed by atoms with Crippen molar-refractivity contribution in [2.24, 2.45) is 0 Å². The Bertz CT molecular complexity index is 503. The van der Waals surface area contributed by atoms with Gasteiger partial charge in [-0.1, -0.05) is 0 Å². The second-order valence-corrected chi connectivity index (χ2v) is 5.74. The van der Waals surface area contributed by atoms with Crippen molar-refractivity contribution >= 4 is 15.8 Å². The lowest BCUT2D eigenvalue weighted by atomic mass is 10.5. The van der Waals surface area contributed by atoms with Crippen LogP contribution < -0.4 is 0 Å². The molecule has 0 saturated heterocycles. The molecule has 1 heterocycles. The summed E-state index contributed by atoms with van der Waals surface area (Å²) in [4.78, 5) is 10.6. The second kappa shape index (κ2) is 7.27. The Morgan fingerprint density at radius 3 is 2.63 bits per heavy atom. The standard InChI is InChI=1S/C11H16O7S/c1-16-5-2-6-17-7-8-19(14,15)10-4-3-9(18-10)11(12)13/h3-4H,2,5-8H2,1H3,(H,12,13). The highest BCUT2D eigenvalue weighted by Crippen LogP contribution is 2.15. The second-order valence-electron chi connectivity index (χ2n) is 3.70. The zero-order valence-corrected chi connectivity index (χ0v) is 11.3. The number of aromatic carboxylic acids is 1. The quantitative estimate of drug-likeness (QED) is 0.671. The van der Waals surface area contributed by atoms with Crippen LogP contribution in [-0.4, -0.2) is 52.2 Å². The lowest BCUT2D eigenvalue weighted by Gasteiger charge is -2.03. The number of furan rings is 1. The molecule has 0 aliphatic rings. The Kier molecular flexibility index (Phi) is 6.00. The van der Waals surface area contributed by atoms with E-state index in [0.717, 1.165) is 12.1 Å². The highest BCUT2D eigenvalue weighted by atomic mass is 32.2. The molecule has 1 rings (SSSR count). The van der Waals surface area contributed by atoms with Gasteiger partial charge in [-0.25, -0.2) is 13.2 Å². The lowest BCUT2D eigenvalue weighted by molar-refractivity contribution is 0.0656. The molecule has 0 unspecified atom stereocenters. The summed E-state index contributed by atoms with van der Waals surface area (Å²) < 4.78 is 38.2. The van der Waals surface area contributed by atoms with Crippen LogP contribution in [0.25, 0.3) is 0 Å². The third kappa shape index (κ3) is 5.01. The van der Waals surface area contributed by atoms with Crippen molar-refractivity contribution in [1.82, 2.24) is 0 Å². The Morgan fingerprint density at radius 2 is 2.05 bits per heavy atom. The van der Waals surface area contributed by atoms with E-state index in [1.807, 2.05) is 0 Å². The summed E-state index contributed by atoms with van der Waals surface area (Å²) in [7, 11) is -2.08. The van der Waals surface area contributed by atoms with Gasteiger partial charge in [-0.2, -0.15) is 0 Å². The Balaban J connectivity index is 2.44. The van der Waals surface area contributed by atoms with Crippen molar-refractivity contribution < 1.29 is 32.2 Å². The predicted molar refractivity (Wildman–Crippen MR) is 65.0 cm³/mol. The van der Waals surface area contributed by atoms with Gasteiger partial charge < -0.3 is 19.0 Å². The summed E-state index contributed by atoms with van der Waals surface area (Å²) in [5.74, 6) is -1.97. The zero-order valence-electron chi connectivity index (χ0n) is 10.5. The lowest BCUT2D eigenvalue weighted by Crippen LogP contribution is -2.13. The summed E-state index contributed by atoms with van der Waals surface area (Å²) in [6.07, 6.45) is 0.681. The van der Waals surface area contributed by atoms with Gasteiger partial charge in [0.2, 0.25) is 20.7 Å². The number of hydrogen-bond acceptors (Lipinski definition) is 6. The fraction of sp³-hybridized carbons (Fsp3) is 0.545. The number of sulfone groups is 1. The van der Waals surface area contributed by atoms with Crippen LogP contribution in [0.4, 0.5) is 0 Å². The summed E-state index contributed by atoms with van der Waals surface area (Å²) in [5.41, 5.74) is 0. The van der Waals surface area contributed by atoms with Crippen molar-refractivity contribution in [3.63, 3.8) is 0 Å². The van der Waals surface area contributed by atoms with Gasteiger partial charge in [0.25, 0.3) is 0 Å². The number of carboxylic acids is 1. The molecule has 0 aromatic carbocycles. The molecule has 0 amide bonds. The molecule has 0 aliphatic carbocycles. The first-order valence-electron chi connectivity index (χ1n) is 5.60. The van der Waals surface area contributed by atoms with Crippen LogP contribution in [0.5, 0.6) is 0 Å². The van der Waals surface area contributed by atoms with E-state index >= 15 is 0 Å². The van der Waals surface area contributed by atoms with Gasteiger partial charge in [0.1, 0.15) is 0 Å². The Hall–Kier alpha value is -1.38. The Labute approximate surface area is 111 Å². The summed E-state index contributed by atoms with van der Waals surface area (Å²) in [5, 5.41) is 8.28. The smallest absolute Gasteiger partial charge is 0.371 e. The third-order valence-corrected chi connectivity index (χ3v) is 3.77. The molecule has 0 radical (unpaired) electrons. The maximum atomic E-state index is 11.8. The van der Waals surface area contributed by atoms with E-state index in [9.17, 15) is 13.2 Å². The van der Waals surface area contributed by atoms with Crippen LogP contribution in [0.15, 0.2) is 21.6 Å². The SMILES string of the molecule is COCCCOCCS(=O)(=O)c1ccc(C(=O)O)o1. The molecule has 0 fully saturated rings. The number of carboxylic acid groups (broad SMARTS) is 1. The predicted octanol–water partition coefficient (Wildman–Crippen LogP) is 0.805. The number of methoxy groups -OCH3 is 1. The van der Waals surface area contributed by atoms with Crippen LogP contribution in [-0.2, 0) is 19.3 Å². The van der Waals surface area contributed by atoms with Crippen molar-refractivity contribution in [2.45, 2.75) is 11.5 Å². The van der Waals surface area contributed by atoms with Crippen LogP contribution in [0.3, 0.4) is 0 Å². The monoisotopic (exact) mass is 292 g/mol. The van der Waals surface area contributed by atoms with Gasteiger partial charge >= 0.3 is 5.97 Å². The first-order chi connectivity index (χ1) is 8.97. The first-order valence-corrected chi connectivity index (χ1v) is 7.25. The first kappa shape index (κ1) is 15.7. The van der Waals surface area contributed by atoms with Gasteiger partial charge in [0, 0.05) is 20.3 Å². The van der Waals surface area contributed by atoms with Crippen molar-refractivity contribution in [1.29, 1.82) is 0 Å². The molecule has 0 aliphatic heterocycles. The Morgan fingerprint density at radius 1 is 1.32 bits per heavy atom. The minimum absolute atomic E-state index is 0.0230. The van der Waals surface area contributed by atoms with Gasteiger partial charge in [0.05, 0.1) is 12.4 Å². The molecule has 7 nitrogen and oxygen atoms in total. The van der Waals surface area contributed by atoms with E-state index in [0.29, 0.717) is 19.6 Å². The van der Waals surface area contributed by atoms with E-state index < -0.39 is 21.6 Å². The van der Waals surface area contributed by atoms with Gasteiger partial charge in [-0.05, 0) is 18.6 Å². The molecule has 0 atom stereocenters. The summed E-state index contributed by atoms with van der Waals surface area (Å²) in [6.45, 7) is 0.976. The van der Waals surface area contributed by atoms with Crippen LogP contribution in [0.1, 0.15) is 17.0 Å². The maximum absolute atomic E-state index is 11.8. The largest absolute Gasteiger partial charge is 0.475 e. The number of carbonyl (C=O) groups is 1. The highest BCUT2D eigenvalue weighted by Gasteiger charge is 2.20. The van der Waals surface area contributed by atoms with E-state index in [-0.39, 0.29) is 17.5 Å². The van der Waals surface area contributed by atoms with E-state index in [2.05, 4.69) is 0 Å². The zero-order chi connectivity index (χ0) is 14.3. The molecular formula is C11H16O7S. The maximum Gasteiger partial charge on any atom is 0.371 e. The van der Waals surface area contributed by atoms with E-state index in [1.54, 1.807) is 7.11 Å². The van der Waals surface area contributed by atoms with Crippen LogP contribution in [0, 0.1) is 0 Å². The van der Waals surface area contributed by atoms with Crippen molar-refractivity contribution in [2.75, 3.05) is 32.7 Å². The third-order valence-electron chi connectivity index (χ3n) is 2.23. The van der Waals surface area contributed by atoms with Gasteiger partial charge in [0.15, 0.2) is 0 Å². The van der Waals surface area contributed by atoms with Crippen LogP contribution in [0.2, 0.25) is 0 Å². The fourth-order valence-corrected chi connectivity index (χ4v) is 2.31. The molecule has 0 spiro atoms. The average Bonchev–Trinajstić information content (AvgIpc) is 2.84. The molecule has 1 aromatic rings. The topological polar surface area (TPSA) is 103 Å². The minimum atomic E-state index is -3.65. The number of hydrogen-bond donors (Lipinski definition) is 1. The fourth-order valence-electron chi connectivity index (χ4n) is 1.28. The normalized spacial score (nSPS) is 11.6. The van der Waals surface area contributed by atoms with Crippen molar-refractivity contribution in [3.8, 4) is 0 Å². The molecule has 8 heteroatoms. The molecule has 1 N–H and O–H groups in total. The van der Waals surface area contributed by atoms with Crippen molar-refractivity contribution in [3.05, 3.63) is 17.9 Å². The van der Waals surface area contributed by atoms with Gasteiger partial charge in [-0.15, -0.1) is 0 Å². The van der Waals surface area contributed by atoms with E-state index in [4.69, 9.17) is 19.0 Å². The van der Waals surface area contributed by atoms with Gasteiger partial charge in [-0.3, -0.25) is 0 Å².